The van der Waals surface area contributed by atoms with E-state index in [0.29, 0.717) is 23.4 Å². The van der Waals surface area contributed by atoms with Crippen molar-refractivity contribution >= 4 is 28.9 Å². The third-order valence-corrected chi connectivity index (χ3v) is 4.38. The van der Waals surface area contributed by atoms with Gasteiger partial charge in [-0.2, -0.15) is 26.3 Å². The topological polar surface area (TPSA) is 50.4 Å². The Bertz CT molecular complexity index is 1110. The first kappa shape index (κ1) is 24.1. The molecule has 0 bridgehead atoms. The molecule has 3 aromatic carbocycles. The normalized spacial score (nSPS) is 11.6. The molecule has 3 aromatic rings. The quantitative estimate of drug-likeness (QED) is 0.322. The Hall–Kier alpha value is -3.60. The Labute approximate surface area is 189 Å². The molecule has 0 aliphatic rings. The summed E-state index contributed by atoms with van der Waals surface area (Å²) >= 11 is 5.06. The van der Waals surface area contributed by atoms with Gasteiger partial charge in [0, 0.05) is 11.3 Å². The minimum atomic E-state index is -4.98. The molecule has 0 fully saturated rings. The van der Waals surface area contributed by atoms with Crippen LogP contribution >= 0.6 is 12.2 Å². The van der Waals surface area contributed by atoms with Crippen molar-refractivity contribution in [2.24, 2.45) is 0 Å². The number of rotatable bonds is 4. The zero-order valence-electron chi connectivity index (χ0n) is 16.4. The lowest BCUT2D eigenvalue weighted by Crippen LogP contribution is -2.34. The number of carbonyl (C=O) groups excluding carboxylic acids is 1. The molecule has 0 atom stereocenters. The number of hydrogen-bond donors (Lipinski definition) is 2. The summed E-state index contributed by atoms with van der Waals surface area (Å²) in [6, 6.07) is 14.8. The van der Waals surface area contributed by atoms with Crippen molar-refractivity contribution in [1.82, 2.24) is 5.32 Å². The predicted molar refractivity (Wildman–Crippen MR) is 113 cm³/mol. The first-order valence-electron chi connectivity index (χ1n) is 9.16. The maximum atomic E-state index is 13.0. The van der Waals surface area contributed by atoms with Crippen LogP contribution in [0.15, 0.2) is 72.8 Å². The third kappa shape index (κ3) is 6.69. The Balaban J connectivity index is 1.69. The number of anilines is 1. The molecule has 0 radical (unpaired) electrons. The summed E-state index contributed by atoms with van der Waals surface area (Å²) in [6.07, 6.45) is -9.96. The van der Waals surface area contributed by atoms with Crippen LogP contribution in [0, 0.1) is 0 Å². The maximum absolute atomic E-state index is 13.0. The van der Waals surface area contributed by atoms with Gasteiger partial charge in [0.15, 0.2) is 5.11 Å². The van der Waals surface area contributed by atoms with Crippen molar-refractivity contribution in [3.05, 3.63) is 89.5 Å². The number of nitrogens with one attached hydrogen (secondary N) is 2. The lowest BCUT2D eigenvalue weighted by Gasteiger charge is -2.15. The summed E-state index contributed by atoms with van der Waals surface area (Å²) in [5, 5.41) is 5.21. The van der Waals surface area contributed by atoms with E-state index >= 15 is 0 Å². The second-order valence-electron chi connectivity index (χ2n) is 6.64. The number of thiocarbonyl (C=S) groups is 1. The van der Waals surface area contributed by atoms with E-state index in [9.17, 15) is 31.1 Å². The fourth-order valence-electron chi connectivity index (χ4n) is 2.65. The van der Waals surface area contributed by atoms with E-state index in [-0.39, 0.29) is 16.9 Å². The lowest BCUT2D eigenvalue weighted by molar-refractivity contribution is -0.143. The predicted octanol–water partition coefficient (Wildman–Crippen LogP) is 6.64. The van der Waals surface area contributed by atoms with Gasteiger partial charge in [0.25, 0.3) is 5.91 Å². The summed E-state index contributed by atoms with van der Waals surface area (Å²) in [7, 11) is 0. The minimum absolute atomic E-state index is 0.00719. The van der Waals surface area contributed by atoms with Crippen LogP contribution < -0.4 is 15.4 Å². The third-order valence-electron chi connectivity index (χ3n) is 4.17. The molecule has 0 saturated heterocycles. The summed E-state index contributed by atoms with van der Waals surface area (Å²) in [5.74, 6) is -1.06. The smallest absolute Gasteiger partial charge is 0.416 e. The van der Waals surface area contributed by atoms with Gasteiger partial charge in [0.1, 0.15) is 11.5 Å². The van der Waals surface area contributed by atoms with E-state index < -0.39 is 35.1 Å². The molecule has 33 heavy (non-hydrogen) atoms. The highest BCUT2D eigenvalue weighted by atomic mass is 32.1. The van der Waals surface area contributed by atoms with Gasteiger partial charge in [-0.15, -0.1) is 0 Å². The number of halogens is 6. The lowest BCUT2D eigenvalue weighted by atomic mass is 10.1. The van der Waals surface area contributed by atoms with Crippen LogP contribution in [0.5, 0.6) is 11.5 Å². The summed E-state index contributed by atoms with van der Waals surface area (Å²) in [4.78, 5) is 12.1. The SMILES string of the molecule is O=C(NC(=S)Nc1ccc(Oc2cc(C(F)(F)F)cc(C(F)(F)F)c2)cc1)c1ccccc1. The van der Waals surface area contributed by atoms with Crippen molar-refractivity contribution in [3.8, 4) is 11.5 Å². The highest BCUT2D eigenvalue weighted by molar-refractivity contribution is 7.80. The Morgan fingerprint density at radius 2 is 1.30 bits per heavy atom. The molecule has 2 N–H and O–H groups in total. The van der Waals surface area contributed by atoms with Crippen molar-refractivity contribution in [3.63, 3.8) is 0 Å². The van der Waals surface area contributed by atoms with Gasteiger partial charge >= 0.3 is 12.4 Å². The van der Waals surface area contributed by atoms with E-state index in [1.807, 2.05) is 0 Å². The maximum Gasteiger partial charge on any atom is 0.416 e. The average Bonchev–Trinajstić information content (AvgIpc) is 2.74. The minimum Gasteiger partial charge on any atom is -0.457 e. The number of carbonyl (C=O) groups is 1. The molecule has 1 amide bonds. The van der Waals surface area contributed by atoms with Crippen LogP contribution in [-0.4, -0.2) is 11.0 Å². The monoisotopic (exact) mass is 484 g/mol. The van der Waals surface area contributed by atoms with Crippen LogP contribution in [-0.2, 0) is 12.4 Å². The molecule has 0 spiro atoms. The Kier molecular flexibility index (Phi) is 6.92. The van der Waals surface area contributed by atoms with Crippen molar-refractivity contribution in [1.29, 1.82) is 0 Å². The highest BCUT2D eigenvalue weighted by Crippen LogP contribution is 2.39. The van der Waals surface area contributed by atoms with Crippen LogP contribution in [0.4, 0.5) is 32.0 Å². The Morgan fingerprint density at radius 1 is 0.758 bits per heavy atom. The molecule has 3 rings (SSSR count). The van der Waals surface area contributed by atoms with Crippen molar-refractivity contribution in [2.45, 2.75) is 12.4 Å². The second-order valence-corrected chi connectivity index (χ2v) is 7.05. The van der Waals surface area contributed by atoms with Gasteiger partial charge in [-0.1, -0.05) is 18.2 Å². The van der Waals surface area contributed by atoms with Gasteiger partial charge in [0.05, 0.1) is 11.1 Å². The molecule has 0 aliphatic heterocycles. The van der Waals surface area contributed by atoms with Crippen LogP contribution in [0.3, 0.4) is 0 Å². The molecular formula is C22H14F6N2O2S. The van der Waals surface area contributed by atoms with E-state index in [1.165, 1.54) is 24.3 Å². The van der Waals surface area contributed by atoms with E-state index in [4.69, 9.17) is 17.0 Å². The van der Waals surface area contributed by atoms with E-state index in [2.05, 4.69) is 10.6 Å². The highest BCUT2D eigenvalue weighted by Gasteiger charge is 2.37. The number of hydrogen-bond acceptors (Lipinski definition) is 3. The first-order valence-corrected chi connectivity index (χ1v) is 9.57. The molecule has 0 aromatic heterocycles. The Morgan fingerprint density at radius 3 is 1.82 bits per heavy atom. The number of alkyl halides is 6. The van der Waals surface area contributed by atoms with Crippen LogP contribution in [0.2, 0.25) is 0 Å². The standard InChI is InChI=1S/C22H14F6N2O2S/c23-21(24,25)14-10-15(22(26,27)28)12-18(11-14)32-17-8-6-16(7-9-17)29-20(33)30-19(31)13-4-2-1-3-5-13/h1-12H,(H2,29,30,31,33). The molecule has 172 valence electrons. The van der Waals surface area contributed by atoms with Gasteiger partial charge in [-0.25, -0.2) is 0 Å². The van der Waals surface area contributed by atoms with Gasteiger partial charge in [0.2, 0.25) is 0 Å². The zero-order valence-corrected chi connectivity index (χ0v) is 17.2. The van der Waals surface area contributed by atoms with E-state index in [1.54, 1.807) is 30.3 Å². The van der Waals surface area contributed by atoms with Gasteiger partial charge in [-0.05, 0) is 66.8 Å². The number of ether oxygens (including phenoxy) is 1. The molecule has 0 heterocycles. The van der Waals surface area contributed by atoms with Crippen molar-refractivity contribution < 1.29 is 35.9 Å². The summed E-state index contributed by atoms with van der Waals surface area (Å²) in [6.45, 7) is 0. The fourth-order valence-corrected chi connectivity index (χ4v) is 2.87. The molecular weight excluding hydrogens is 470 g/mol. The average molecular weight is 484 g/mol. The molecule has 4 nitrogen and oxygen atoms in total. The largest absolute Gasteiger partial charge is 0.457 e. The van der Waals surface area contributed by atoms with Gasteiger partial charge < -0.3 is 10.1 Å². The fraction of sp³-hybridized carbons (Fsp3) is 0.0909. The van der Waals surface area contributed by atoms with E-state index in [0.717, 1.165) is 0 Å². The van der Waals surface area contributed by atoms with Gasteiger partial charge in [-0.3, -0.25) is 10.1 Å². The molecule has 11 heteroatoms. The van der Waals surface area contributed by atoms with Crippen LogP contribution in [0.25, 0.3) is 0 Å². The summed E-state index contributed by atoms with van der Waals surface area (Å²) < 4.78 is 83.1. The molecule has 0 saturated carbocycles. The zero-order chi connectivity index (χ0) is 24.2. The number of benzene rings is 3. The summed E-state index contributed by atoms with van der Waals surface area (Å²) in [5.41, 5.74) is -2.17. The second kappa shape index (κ2) is 9.49. The van der Waals surface area contributed by atoms with Crippen molar-refractivity contribution in [2.75, 3.05) is 5.32 Å². The first-order chi connectivity index (χ1) is 15.4. The van der Waals surface area contributed by atoms with Crippen LogP contribution in [0.1, 0.15) is 21.5 Å². The number of amides is 1. The molecule has 0 unspecified atom stereocenters. The molecule has 0 aliphatic carbocycles.